The van der Waals surface area contributed by atoms with Crippen molar-refractivity contribution in [3.8, 4) is 5.75 Å². The van der Waals surface area contributed by atoms with E-state index in [1.54, 1.807) is 12.1 Å². The maximum Gasteiger partial charge on any atom is 0.303 e. The second kappa shape index (κ2) is 6.10. The fourth-order valence-electron chi connectivity index (χ4n) is 1.33. The average molecular weight is 226 g/mol. The summed E-state index contributed by atoms with van der Waals surface area (Å²) in [5.74, 6) is -0.608. The van der Waals surface area contributed by atoms with E-state index in [4.69, 9.17) is 9.84 Å². The molecule has 1 atom stereocenters. The first kappa shape index (κ1) is 12.5. The van der Waals surface area contributed by atoms with Crippen molar-refractivity contribution < 1.29 is 19.0 Å². The van der Waals surface area contributed by atoms with Crippen molar-refractivity contribution >= 4 is 5.97 Å². The van der Waals surface area contributed by atoms with E-state index in [-0.39, 0.29) is 18.2 Å². The number of hydrogen-bond acceptors (Lipinski definition) is 2. The Bertz CT molecular complexity index is 352. The molecule has 1 unspecified atom stereocenters. The van der Waals surface area contributed by atoms with Crippen molar-refractivity contribution in [1.29, 1.82) is 0 Å². The summed E-state index contributed by atoms with van der Waals surface area (Å²) in [5, 5.41) is 8.55. The molecule has 1 aromatic rings. The van der Waals surface area contributed by atoms with E-state index in [1.807, 2.05) is 6.92 Å². The lowest BCUT2D eigenvalue weighted by Gasteiger charge is -2.10. The lowest BCUT2D eigenvalue weighted by Crippen LogP contribution is -2.08. The highest BCUT2D eigenvalue weighted by molar-refractivity contribution is 5.66. The number of benzene rings is 1. The number of ether oxygens (including phenoxy) is 1. The van der Waals surface area contributed by atoms with Gasteiger partial charge in [-0.25, -0.2) is 4.39 Å². The number of halogens is 1. The van der Waals surface area contributed by atoms with E-state index in [2.05, 4.69) is 0 Å². The zero-order chi connectivity index (χ0) is 12.0. The molecule has 16 heavy (non-hydrogen) atoms. The standard InChI is InChI=1S/C12H15FO3/c1-9(7-12(14)15)5-6-16-11-4-2-3-10(13)8-11/h2-4,8-9H,5-7H2,1H3,(H,14,15). The Morgan fingerprint density at radius 2 is 2.31 bits per heavy atom. The minimum Gasteiger partial charge on any atom is -0.493 e. The molecule has 0 aromatic heterocycles. The molecule has 0 aliphatic rings. The van der Waals surface area contributed by atoms with Crippen LogP contribution in [0.3, 0.4) is 0 Å². The fourth-order valence-corrected chi connectivity index (χ4v) is 1.33. The highest BCUT2D eigenvalue weighted by Gasteiger charge is 2.07. The molecular weight excluding hydrogens is 211 g/mol. The number of carboxylic acids is 1. The first-order chi connectivity index (χ1) is 7.58. The predicted octanol–water partition coefficient (Wildman–Crippen LogP) is 2.71. The van der Waals surface area contributed by atoms with Crippen LogP contribution in [0.15, 0.2) is 24.3 Å². The molecule has 0 spiro atoms. The maximum absolute atomic E-state index is 12.8. The maximum atomic E-state index is 12.8. The number of rotatable bonds is 6. The van der Waals surface area contributed by atoms with E-state index >= 15 is 0 Å². The third-order valence-corrected chi connectivity index (χ3v) is 2.20. The van der Waals surface area contributed by atoms with Gasteiger partial charge < -0.3 is 9.84 Å². The van der Waals surface area contributed by atoms with Crippen molar-refractivity contribution in [2.45, 2.75) is 19.8 Å². The normalized spacial score (nSPS) is 12.1. The predicted molar refractivity (Wildman–Crippen MR) is 57.9 cm³/mol. The van der Waals surface area contributed by atoms with Gasteiger partial charge in [-0.15, -0.1) is 0 Å². The summed E-state index contributed by atoms with van der Waals surface area (Å²) in [7, 11) is 0. The summed E-state index contributed by atoms with van der Waals surface area (Å²) in [6.45, 7) is 2.25. The topological polar surface area (TPSA) is 46.5 Å². The summed E-state index contributed by atoms with van der Waals surface area (Å²) in [6.07, 6.45) is 0.773. The van der Waals surface area contributed by atoms with Crippen LogP contribution in [-0.4, -0.2) is 17.7 Å². The zero-order valence-corrected chi connectivity index (χ0v) is 9.15. The summed E-state index contributed by atoms with van der Waals surface area (Å²) < 4.78 is 18.1. The number of hydrogen-bond donors (Lipinski definition) is 1. The first-order valence-electron chi connectivity index (χ1n) is 5.18. The van der Waals surface area contributed by atoms with Crippen molar-refractivity contribution in [1.82, 2.24) is 0 Å². The van der Waals surface area contributed by atoms with E-state index in [1.165, 1.54) is 12.1 Å². The smallest absolute Gasteiger partial charge is 0.303 e. The van der Waals surface area contributed by atoms with E-state index in [0.717, 1.165) is 0 Å². The van der Waals surface area contributed by atoms with Crippen LogP contribution in [0.25, 0.3) is 0 Å². The van der Waals surface area contributed by atoms with Crippen LogP contribution < -0.4 is 4.74 Å². The Kier molecular flexibility index (Phi) is 4.76. The quantitative estimate of drug-likeness (QED) is 0.811. The van der Waals surface area contributed by atoms with Crippen molar-refractivity contribution in [3.05, 3.63) is 30.1 Å². The largest absolute Gasteiger partial charge is 0.493 e. The molecule has 88 valence electrons. The number of carboxylic acid groups (broad SMARTS) is 1. The molecule has 0 saturated carbocycles. The molecule has 1 rings (SSSR count). The van der Waals surface area contributed by atoms with Gasteiger partial charge in [0.15, 0.2) is 0 Å². The summed E-state index contributed by atoms with van der Waals surface area (Å²) in [6, 6.07) is 5.90. The van der Waals surface area contributed by atoms with Crippen LogP contribution in [0.1, 0.15) is 19.8 Å². The van der Waals surface area contributed by atoms with Crippen molar-refractivity contribution in [2.75, 3.05) is 6.61 Å². The molecule has 3 nitrogen and oxygen atoms in total. The van der Waals surface area contributed by atoms with E-state index in [0.29, 0.717) is 18.8 Å². The Labute approximate surface area is 93.9 Å². The molecule has 0 saturated heterocycles. The Hall–Kier alpha value is -1.58. The van der Waals surface area contributed by atoms with Gasteiger partial charge in [0.25, 0.3) is 0 Å². The molecule has 0 aliphatic heterocycles. The van der Waals surface area contributed by atoms with Crippen LogP contribution in [0.2, 0.25) is 0 Å². The minimum absolute atomic E-state index is 0.0612. The van der Waals surface area contributed by atoms with E-state index in [9.17, 15) is 9.18 Å². The Morgan fingerprint density at radius 3 is 2.94 bits per heavy atom. The van der Waals surface area contributed by atoms with Gasteiger partial charge >= 0.3 is 5.97 Å². The number of aliphatic carboxylic acids is 1. The summed E-state index contributed by atoms with van der Waals surface area (Å²) in [5.41, 5.74) is 0. The highest BCUT2D eigenvalue weighted by Crippen LogP contribution is 2.14. The minimum atomic E-state index is -0.807. The molecule has 0 radical (unpaired) electrons. The second-order valence-electron chi connectivity index (χ2n) is 3.80. The molecule has 0 heterocycles. The average Bonchev–Trinajstić information content (AvgIpc) is 2.16. The zero-order valence-electron chi connectivity index (χ0n) is 9.15. The van der Waals surface area contributed by atoms with Gasteiger partial charge in [-0.1, -0.05) is 13.0 Å². The first-order valence-corrected chi connectivity index (χ1v) is 5.18. The monoisotopic (exact) mass is 226 g/mol. The van der Waals surface area contributed by atoms with Crippen LogP contribution in [0.4, 0.5) is 4.39 Å². The molecule has 0 bridgehead atoms. The molecule has 0 fully saturated rings. The fraction of sp³-hybridized carbons (Fsp3) is 0.417. The third kappa shape index (κ3) is 4.77. The Morgan fingerprint density at radius 1 is 1.56 bits per heavy atom. The van der Waals surface area contributed by atoms with Crippen LogP contribution >= 0.6 is 0 Å². The van der Waals surface area contributed by atoms with Gasteiger partial charge in [0, 0.05) is 12.5 Å². The Balaban J connectivity index is 2.27. The number of carbonyl (C=O) groups is 1. The molecule has 4 heteroatoms. The van der Waals surface area contributed by atoms with Gasteiger partial charge in [0.2, 0.25) is 0 Å². The van der Waals surface area contributed by atoms with Gasteiger partial charge in [-0.2, -0.15) is 0 Å². The van der Waals surface area contributed by atoms with Crippen molar-refractivity contribution in [3.63, 3.8) is 0 Å². The second-order valence-corrected chi connectivity index (χ2v) is 3.80. The van der Waals surface area contributed by atoms with Gasteiger partial charge in [0.05, 0.1) is 6.61 Å². The van der Waals surface area contributed by atoms with Gasteiger partial charge in [0.1, 0.15) is 11.6 Å². The highest BCUT2D eigenvalue weighted by atomic mass is 19.1. The molecule has 0 aliphatic carbocycles. The molecular formula is C12H15FO3. The van der Waals surface area contributed by atoms with Crippen LogP contribution in [0.5, 0.6) is 5.75 Å². The van der Waals surface area contributed by atoms with Crippen molar-refractivity contribution in [2.24, 2.45) is 5.92 Å². The molecule has 1 N–H and O–H groups in total. The lowest BCUT2D eigenvalue weighted by molar-refractivity contribution is -0.138. The SMILES string of the molecule is CC(CCOc1cccc(F)c1)CC(=O)O. The van der Waals surface area contributed by atoms with E-state index < -0.39 is 5.97 Å². The summed E-state index contributed by atoms with van der Waals surface area (Å²) in [4.78, 5) is 10.4. The van der Waals surface area contributed by atoms with Crippen LogP contribution in [-0.2, 0) is 4.79 Å². The molecule has 0 amide bonds. The van der Waals surface area contributed by atoms with Gasteiger partial charge in [-0.3, -0.25) is 4.79 Å². The lowest BCUT2D eigenvalue weighted by atomic mass is 10.1. The molecule has 1 aromatic carbocycles. The third-order valence-electron chi connectivity index (χ3n) is 2.20. The van der Waals surface area contributed by atoms with Crippen LogP contribution in [0, 0.1) is 11.7 Å². The van der Waals surface area contributed by atoms with Gasteiger partial charge in [-0.05, 0) is 24.5 Å². The summed E-state index contributed by atoms with van der Waals surface area (Å²) >= 11 is 0.